The minimum atomic E-state index is -3.91. The maximum absolute atomic E-state index is 13.8. The molecule has 1 aliphatic rings. The summed E-state index contributed by atoms with van der Waals surface area (Å²) in [5.74, 6) is -0.775. The molecule has 1 unspecified atom stereocenters. The van der Waals surface area contributed by atoms with Gasteiger partial charge in [-0.15, -0.1) is 0 Å². The van der Waals surface area contributed by atoms with Gasteiger partial charge in [-0.2, -0.15) is 4.31 Å². The van der Waals surface area contributed by atoms with Crippen molar-refractivity contribution in [2.45, 2.75) is 30.7 Å². The molecule has 1 N–H and O–H groups in total. The Morgan fingerprint density at radius 2 is 2.18 bits per heavy atom. The molecule has 0 bridgehead atoms. The quantitative estimate of drug-likeness (QED) is 0.912. The number of amides is 1. The number of carbonyl (C=O) groups excluding carboxylic acids is 1. The van der Waals surface area contributed by atoms with Gasteiger partial charge in [0, 0.05) is 19.1 Å². The van der Waals surface area contributed by atoms with Gasteiger partial charge >= 0.3 is 6.09 Å². The summed E-state index contributed by atoms with van der Waals surface area (Å²) in [4.78, 5) is 11.1. The zero-order valence-corrected chi connectivity index (χ0v) is 13.1. The van der Waals surface area contributed by atoms with Crippen LogP contribution in [0.4, 0.5) is 9.18 Å². The minimum absolute atomic E-state index is 0.107. The van der Waals surface area contributed by atoms with Crippen LogP contribution >= 0.6 is 0 Å². The third-order valence-corrected chi connectivity index (χ3v) is 5.33. The molecule has 2 rings (SSSR count). The molecule has 1 atom stereocenters. The number of halogens is 1. The van der Waals surface area contributed by atoms with Crippen LogP contribution in [0.1, 0.15) is 19.8 Å². The molecule has 1 heterocycles. The molecule has 22 heavy (non-hydrogen) atoms. The Kier molecular flexibility index (Phi) is 5.36. The third kappa shape index (κ3) is 3.75. The van der Waals surface area contributed by atoms with Crippen molar-refractivity contribution >= 4 is 16.1 Å². The van der Waals surface area contributed by atoms with Crippen molar-refractivity contribution in [3.63, 3.8) is 0 Å². The van der Waals surface area contributed by atoms with Crippen molar-refractivity contribution in [1.82, 2.24) is 9.62 Å². The van der Waals surface area contributed by atoms with Crippen molar-refractivity contribution in [2.75, 3.05) is 19.7 Å². The summed E-state index contributed by atoms with van der Waals surface area (Å²) in [6.07, 6.45) is 0.671. The molecule has 1 fully saturated rings. The van der Waals surface area contributed by atoms with E-state index in [9.17, 15) is 17.6 Å². The highest BCUT2D eigenvalue weighted by Gasteiger charge is 2.32. The number of ether oxygens (including phenoxy) is 1. The molecule has 1 aromatic carbocycles. The zero-order valence-electron chi connectivity index (χ0n) is 12.3. The highest BCUT2D eigenvalue weighted by Crippen LogP contribution is 2.22. The predicted molar refractivity (Wildman–Crippen MR) is 78.3 cm³/mol. The highest BCUT2D eigenvalue weighted by atomic mass is 32.2. The van der Waals surface area contributed by atoms with Crippen LogP contribution in [0.3, 0.4) is 0 Å². The van der Waals surface area contributed by atoms with Crippen molar-refractivity contribution < 1.29 is 22.3 Å². The van der Waals surface area contributed by atoms with E-state index >= 15 is 0 Å². The molecule has 0 radical (unpaired) electrons. The second-order valence-corrected chi connectivity index (χ2v) is 6.90. The summed E-state index contributed by atoms with van der Waals surface area (Å²) < 4.78 is 44.8. The number of sulfonamides is 1. The molecule has 1 aliphatic heterocycles. The number of piperidine rings is 1. The molecule has 0 saturated carbocycles. The first-order valence-electron chi connectivity index (χ1n) is 7.13. The smallest absolute Gasteiger partial charge is 0.407 e. The topological polar surface area (TPSA) is 75.7 Å². The van der Waals surface area contributed by atoms with Crippen molar-refractivity contribution in [3.8, 4) is 0 Å². The lowest BCUT2D eigenvalue weighted by Crippen LogP contribution is -2.49. The molecule has 8 heteroatoms. The lowest BCUT2D eigenvalue weighted by atomic mass is 10.1. The third-order valence-electron chi connectivity index (χ3n) is 3.44. The molecule has 122 valence electrons. The standard InChI is InChI=1S/C14H19FN2O4S/c1-2-21-14(18)16-11-6-5-9-17(10-11)22(19,20)13-8-4-3-7-12(13)15/h3-4,7-8,11H,2,5-6,9-10H2,1H3,(H,16,18). The Morgan fingerprint density at radius 3 is 2.86 bits per heavy atom. The van der Waals surface area contributed by atoms with Crippen molar-refractivity contribution in [1.29, 1.82) is 0 Å². The van der Waals surface area contributed by atoms with E-state index in [1.54, 1.807) is 6.92 Å². The van der Waals surface area contributed by atoms with Gasteiger partial charge in [0.1, 0.15) is 10.7 Å². The molecule has 1 aromatic rings. The van der Waals surface area contributed by atoms with Crippen LogP contribution in [0.25, 0.3) is 0 Å². The number of hydrogen-bond acceptors (Lipinski definition) is 4. The fourth-order valence-corrected chi connectivity index (χ4v) is 4.00. The van der Waals surface area contributed by atoms with E-state index < -0.39 is 21.9 Å². The number of hydrogen-bond donors (Lipinski definition) is 1. The van der Waals surface area contributed by atoms with Crippen LogP contribution in [-0.4, -0.2) is 44.6 Å². The fraction of sp³-hybridized carbons (Fsp3) is 0.500. The van der Waals surface area contributed by atoms with Crippen LogP contribution in [0, 0.1) is 5.82 Å². The SMILES string of the molecule is CCOC(=O)NC1CCCN(S(=O)(=O)c2ccccc2F)C1. The van der Waals surface area contributed by atoms with Gasteiger partial charge in [0.2, 0.25) is 10.0 Å². The lowest BCUT2D eigenvalue weighted by Gasteiger charge is -2.32. The van der Waals surface area contributed by atoms with E-state index in [1.807, 2.05) is 0 Å². The number of rotatable bonds is 4. The summed E-state index contributed by atoms with van der Waals surface area (Å²) in [7, 11) is -3.91. The Balaban J connectivity index is 2.12. The molecule has 0 aromatic heterocycles. The van der Waals surface area contributed by atoms with E-state index in [0.717, 1.165) is 6.07 Å². The van der Waals surface area contributed by atoms with Crippen LogP contribution in [0.5, 0.6) is 0 Å². The Bertz CT molecular complexity index is 635. The Morgan fingerprint density at radius 1 is 1.45 bits per heavy atom. The van der Waals surface area contributed by atoms with Crippen LogP contribution < -0.4 is 5.32 Å². The van der Waals surface area contributed by atoms with E-state index in [-0.39, 0.29) is 24.1 Å². The summed E-state index contributed by atoms with van der Waals surface area (Å²) >= 11 is 0. The van der Waals surface area contributed by atoms with Gasteiger partial charge in [-0.05, 0) is 31.9 Å². The van der Waals surface area contributed by atoms with Gasteiger partial charge in [-0.25, -0.2) is 17.6 Å². The first kappa shape index (κ1) is 16.7. The molecule has 1 amide bonds. The summed E-state index contributed by atoms with van der Waals surface area (Å²) in [5, 5.41) is 2.63. The van der Waals surface area contributed by atoms with Gasteiger partial charge in [0.25, 0.3) is 0 Å². The number of nitrogens with one attached hydrogen (secondary N) is 1. The normalized spacial score (nSPS) is 19.6. The number of alkyl carbamates (subject to hydrolysis) is 1. The molecule has 1 saturated heterocycles. The average molecular weight is 330 g/mol. The fourth-order valence-electron chi connectivity index (χ4n) is 2.41. The van der Waals surface area contributed by atoms with E-state index in [0.29, 0.717) is 19.4 Å². The van der Waals surface area contributed by atoms with E-state index in [2.05, 4.69) is 5.32 Å². The lowest BCUT2D eigenvalue weighted by molar-refractivity contribution is 0.142. The number of carbonyl (C=O) groups is 1. The largest absolute Gasteiger partial charge is 0.450 e. The summed E-state index contributed by atoms with van der Waals surface area (Å²) in [6, 6.07) is 4.94. The molecule has 0 aliphatic carbocycles. The average Bonchev–Trinajstić information content (AvgIpc) is 2.48. The van der Waals surface area contributed by atoms with E-state index in [1.165, 1.54) is 22.5 Å². The highest BCUT2D eigenvalue weighted by molar-refractivity contribution is 7.89. The van der Waals surface area contributed by atoms with Gasteiger partial charge < -0.3 is 10.1 Å². The van der Waals surface area contributed by atoms with Crippen LogP contribution in [-0.2, 0) is 14.8 Å². The second-order valence-electron chi connectivity index (χ2n) is 5.00. The monoisotopic (exact) mass is 330 g/mol. The first-order chi connectivity index (χ1) is 10.4. The second kappa shape index (κ2) is 7.06. The van der Waals surface area contributed by atoms with Crippen LogP contribution in [0.15, 0.2) is 29.2 Å². The Labute approximate surface area is 129 Å². The number of benzene rings is 1. The van der Waals surface area contributed by atoms with E-state index in [4.69, 9.17) is 4.74 Å². The zero-order chi connectivity index (χ0) is 16.2. The van der Waals surface area contributed by atoms with Gasteiger partial charge in [-0.1, -0.05) is 12.1 Å². The van der Waals surface area contributed by atoms with Gasteiger partial charge in [-0.3, -0.25) is 0 Å². The van der Waals surface area contributed by atoms with Crippen molar-refractivity contribution in [3.05, 3.63) is 30.1 Å². The predicted octanol–water partition coefficient (Wildman–Crippen LogP) is 1.72. The summed E-state index contributed by atoms with van der Waals surface area (Å²) in [6.45, 7) is 2.35. The summed E-state index contributed by atoms with van der Waals surface area (Å²) in [5.41, 5.74) is 0. The molecule has 0 spiro atoms. The molecular weight excluding hydrogens is 311 g/mol. The van der Waals surface area contributed by atoms with Gasteiger partial charge in [0.15, 0.2) is 0 Å². The maximum atomic E-state index is 13.8. The molecular formula is C14H19FN2O4S. The maximum Gasteiger partial charge on any atom is 0.407 e. The number of nitrogens with zero attached hydrogens (tertiary/aromatic N) is 1. The Hall–Kier alpha value is -1.67. The minimum Gasteiger partial charge on any atom is -0.450 e. The van der Waals surface area contributed by atoms with Gasteiger partial charge in [0.05, 0.1) is 6.61 Å². The molecule has 6 nitrogen and oxygen atoms in total. The van der Waals surface area contributed by atoms with Crippen LogP contribution in [0.2, 0.25) is 0 Å². The van der Waals surface area contributed by atoms with Crippen molar-refractivity contribution in [2.24, 2.45) is 0 Å². The first-order valence-corrected chi connectivity index (χ1v) is 8.57.